The summed E-state index contributed by atoms with van der Waals surface area (Å²) in [5.41, 5.74) is 0. The van der Waals surface area contributed by atoms with Gasteiger partial charge in [-0.1, -0.05) is 72.8 Å². The van der Waals surface area contributed by atoms with Crippen molar-refractivity contribution in [2.24, 2.45) is 0 Å². The van der Waals surface area contributed by atoms with E-state index >= 15 is 0 Å². The highest BCUT2D eigenvalue weighted by Crippen LogP contribution is 2.56. The predicted molar refractivity (Wildman–Crippen MR) is 157 cm³/mol. The Balaban J connectivity index is 1.76. The van der Waals surface area contributed by atoms with Gasteiger partial charge in [-0.2, -0.15) is 0 Å². The molecule has 0 amide bonds. The van der Waals surface area contributed by atoms with Crippen molar-refractivity contribution in [1.29, 1.82) is 0 Å². The maximum Gasteiger partial charge on any atom is -0.0000925 e. The standard InChI is InChI=1S/C36H16/c1-5-17-13-19-9-3-12-24-26-16-22-8-2-6-18-14-20-10-4-11-23-25-15-21(7-1)27(17)33-31(25)36(30(20)23)34(28(18)22)32(26)35(33)29(19)24/h1-16H. The zero-order chi connectivity index (χ0) is 22.9. The number of fused-ring (bicyclic) bond motifs is 2. The Kier molecular flexibility index (Phi) is 2.40. The van der Waals surface area contributed by atoms with Gasteiger partial charge < -0.3 is 0 Å². The van der Waals surface area contributed by atoms with E-state index in [-0.39, 0.29) is 0 Å². The van der Waals surface area contributed by atoms with E-state index in [1.807, 2.05) is 0 Å². The number of rotatable bonds is 0. The van der Waals surface area contributed by atoms with Crippen LogP contribution in [0.3, 0.4) is 0 Å². The highest BCUT2D eigenvalue weighted by atomic mass is 14.3. The van der Waals surface area contributed by atoms with E-state index in [1.165, 1.54) is 108 Å². The van der Waals surface area contributed by atoms with Gasteiger partial charge in [-0.25, -0.2) is 0 Å². The highest BCUT2D eigenvalue weighted by molar-refractivity contribution is 6.56. The third-order valence-corrected chi connectivity index (χ3v) is 9.29. The maximum absolute atomic E-state index is 2.47. The van der Waals surface area contributed by atoms with Gasteiger partial charge in [0.2, 0.25) is 0 Å². The number of hydrogen-bond donors (Lipinski definition) is 0. The van der Waals surface area contributed by atoms with Crippen LogP contribution < -0.4 is 0 Å². The zero-order valence-corrected chi connectivity index (χ0v) is 19.2. The second-order valence-electron chi connectivity index (χ2n) is 10.8. The van der Waals surface area contributed by atoms with Gasteiger partial charge in [-0.05, 0) is 132 Å². The third kappa shape index (κ3) is 1.55. The smallest absolute Gasteiger partial charge is 0.0000925 e. The molecule has 0 heterocycles. The van der Waals surface area contributed by atoms with Crippen LogP contribution in [0.1, 0.15) is 0 Å². The van der Waals surface area contributed by atoms with Gasteiger partial charge in [-0.3, -0.25) is 0 Å². The van der Waals surface area contributed by atoms with E-state index in [2.05, 4.69) is 97.1 Å². The highest BCUT2D eigenvalue weighted by Gasteiger charge is 2.27. The zero-order valence-electron chi connectivity index (χ0n) is 19.2. The Morgan fingerprint density at radius 2 is 0.556 bits per heavy atom. The molecule has 0 aliphatic rings. The second kappa shape index (κ2) is 5.12. The fraction of sp³-hybridized carbons (Fsp3) is 0. The SMILES string of the molecule is c1cc2cc3cccc4c5cc6cccc7cc8cccc9c%10cc(c1)c2c1c%10c(c89)c(c76)c5c1c34. The van der Waals surface area contributed by atoms with Crippen LogP contribution in [0.25, 0.3) is 108 Å². The van der Waals surface area contributed by atoms with Crippen molar-refractivity contribution in [2.75, 3.05) is 0 Å². The predicted octanol–water partition coefficient (Wildman–Crippen LogP) is 10.4. The van der Waals surface area contributed by atoms with Gasteiger partial charge in [0.05, 0.1) is 0 Å². The quantitative estimate of drug-likeness (QED) is 0.160. The van der Waals surface area contributed by atoms with Crippen molar-refractivity contribution < 1.29 is 0 Å². The fourth-order valence-electron chi connectivity index (χ4n) is 8.13. The van der Waals surface area contributed by atoms with Crippen molar-refractivity contribution >= 4 is 108 Å². The molecule has 0 nitrogen and oxygen atoms in total. The van der Waals surface area contributed by atoms with Crippen LogP contribution in [0.15, 0.2) is 97.1 Å². The van der Waals surface area contributed by atoms with E-state index in [0.29, 0.717) is 0 Å². The summed E-state index contributed by atoms with van der Waals surface area (Å²) in [7, 11) is 0. The van der Waals surface area contributed by atoms with Gasteiger partial charge in [0.1, 0.15) is 0 Å². The summed E-state index contributed by atoms with van der Waals surface area (Å²) in [4.78, 5) is 0. The molecule has 36 heavy (non-hydrogen) atoms. The minimum absolute atomic E-state index is 1.34. The molecule has 11 aromatic rings. The van der Waals surface area contributed by atoms with Crippen molar-refractivity contribution in [1.82, 2.24) is 0 Å². The third-order valence-electron chi connectivity index (χ3n) is 9.29. The van der Waals surface area contributed by atoms with Crippen LogP contribution in [-0.2, 0) is 0 Å². The van der Waals surface area contributed by atoms with Crippen LogP contribution in [0.2, 0.25) is 0 Å². The average Bonchev–Trinajstić information content (AvgIpc) is 3.29. The van der Waals surface area contributed by atoms with Crippen molar-refractivity contribution in [2.45, 2.75) is 0 Å². The van der Waals surface area contributed by atoms with Gasteiger partial charge >= 0.3 is 0 Å². The summed E-state index contributed by atoms with van der Waals surface area (Å²) in [6, 6.07) is 37.3. The summed E-state index contributed by atoms with van der Waals surface area (Å²) in [5.74, 6) is 0. The molecule has 0 aliphatic heterocycles. The molecular formula is C36H16. The topological polar surface area (TPSA) is 0 Å². The summed E-state index contributed by atoms with van der Waals surface area (Å²) in [6.07, 6.45) is 0. The Bertz CT molecular complexity index is 2480. The molecule has 0 aromatic heterocycles. The molecular weight excluding hydrogens is 432 g/mol. The number of hydrogen-bond acceptors (Lipinski definition) is 0. The summed E-state index contributed by atoms with van der Waals surface area (Å²) < 4.78 is 0. The van der Waals surface area contributed by atoms with Crippen LogP contribution >= 0.6 is 0 Å². The molecule has 0 atom stereocenters. The van der Waals surface area contributed by atoms with E-state index in [1.54, 1.807) is 0 Å². The normalized spacial score (nSPS) is 13.6. The van der Waals surface area contributed by atoms with Crippen molar-refractivity contribution in [3.05, 3.63) is 97.1 Å². The van der Waals surface area contributed by atoms with Crippen LogP contribution in [0, 0.1) is 0 Å². The molecule has 0 aliphatic carbocycles. The molecule has 11 rings (SSSR count). The minimum Gasteiger partial charge on any atom is -0.0610 e. The fourth-order valence-corrected chi connectivity index (χ4v) is 8.13. The van der Waals surface area contributed by atoms with E-state index < -0.39 is 0 Å². The van der Waals surface area contributed by atoms with Crippen LogP contribution in [0.4, 0.5) is 0 Å². The first-order chi connectivity index (χ1) is 17.9. The molecule has 0 unspecified atom stereocenters. The lowest BCUT2D eigenvalue weighted by atomic mass is 9.89. The lowest BCUT2D eigenvalue weighted by molar-refractivity contribution is 1.85. The average molecular weight is 449 g/mol. The largest absolute Gasteiger partial charge is 0.0610 e. The molecule has 0 N–H and O–H groups in total. The molecule has 0 spiro atoms. The van der Waals surface area contributed by atoms with Crippen LogP contribution in [0.5, 0.6) is 0 Å². The van der Waals surface area contributed by atoms with Crippen molar-refractivity contribution in [3.8, 4) is 0 Å². The molecule has 0 radical (unpaired) electrons. The molecule has 11 aromatic carbocycles. The summed E-state index contributed by atoms with van der Waals surface area (Å²) >= 11 is 0. The maximum atomic E-state index is 2.47. The summed E-state index contributed by atoms with van der Waals surface area (Å²) in [5, 5.41) is 28.1. The molecule has 0 fully saturated rings. The van der Waals surface area contributed by atoms with Gasteiger partial charge in [0.15, 0.2) is 0 Å². The molecule has 0 saturated carbocycles. The van der Waals surface area contributed by atoms with Gasteiger partial charge in [-0.15, -0.1) is 0 Å². The minimum atomic E-state index is 1.34. The van der Waals surface area contributed by atoms with Crippen LogP contribution in [-0.4, -0.2) is 0 Å². The molecule has 0 bridgehead atoms. The molecule has 0 saturated heterocycles. The van der Waals surface area contributed by atoms with E-state index in [0.717, 1.165) is 0 Å². The van der Waals surface area contributed by atoms with Gasteiger partial charge in [0, 0.05) is 0 Å². The molecule has 0 heteroatoms. The molecule has 160 valence electrons. The van der Waals surface area contributed by atoms with Gasteiger partial charge in [0.25, 0.3) is 0 Å². The first-order valence-corrected chi connectivity index (χ1v) is 12.8. The van der Waals surface area contributed by atoms with Crippen molar-refractivity contribution in [3.63, 3.8) is 0 Å². The second-order valence-corrected chi connectivity index (χ2v) is 10.8. The van der Waals surface area contributed by atoms with E-state index in [9.17, 15) is 0 Å². The van der Waals surface area contributed by atoms with E-state index in [4.69, 9.17) is 0 Å². The Labute approximate surface area is 204 Å². The first-order valence-electron chi connectivity index (χ1n) is 12.8. The lowest BCUT2D eigenvalue weighted by Gasteiger charge is -2.13. The first kappa shape index (κ1) is 16.9. The summed E-state index contributed by atoms with van der Waals surface area (Å²) in [6.45, 7) is 0. The monoisotopic (exact) mass is 448 g/mol. The number of benzene rings is 7. The Morgan fingerprint density at radius 1 is 0.222 bits per heavy atom. The Morgan fingerprint density at radius 3 is 1.00 bits per heavy atom. The Hall–Kier alpha value is -4.68. The lowest BCUT2D eigenvalue weighted by Crippen LogP contribution is -1.84.